The molecule has 1 saturated carbocycles. The molecule has 5 rings (SSSR count). The first kappa shape index (κ1) is 30.9. The number of non-ortho nitro benzene ring substituents is 1. The van der Waals surface area contributed by atoms with Gasteiger partial charge >= 0.3 is 12.6 Å². The van der Waals surface area contributed by atoms with Crippen LogP contribution < -0.4 is 19.1 Å². The van der Waals surface area contributed by atoms with Gasteiger partial charge in [0.05, 0.1) is 22.8 Å². The van der Waals surface area contributed by atoms with Crippen molar-refractivity contribution in [3.63, 3.8) is 0 Å². The maximum absolute atomic E-state index is 13.2. The van der Waals surface area contributed by atoms with Crippen molar-refractivity contribution in [2.24, 2.45) is 5.92 Å². The number of nitro benzene ring substituents is 1. The van der Waals surface area contributed by atoms with Crippen molar-refractivity contribution in [2.45, 2.75) is 32.0 Å². The number of hydrogen-bond donors (Lipinski definition) is 0. The predicted molar refractivity (Wildman–Crippen MR) is 149 cm³/mol. The molecule has 2 heterocycles. The van der Waals surface area contributed by atoms with Gasteiger partial charge in [0.1, 0.15) is 22.7 Å². The van der Waals surface area contributed by atoms with E-state index < -0.39 is 47.5 Å². The maximum atomic E-state index is 13.2. The van der Waals surface area contributed by atoms with Crippen molar-refractivity contribution in [3.8, 4) is 11.5 Å². The van der Waals surface area contributed by atoms with Gasteiger partial charge in [-0.05, 0) is 42.5 Å². The molecule has 0 spiro atoms. The number of rotatable bonds is 12. The molecule has 1 aliphatic carbocycles. The highest BCUT2D eigenvalue weighted by Crippen LogP contribution is 2.38. The standard InChI is InChI=1S/C28H21Cl2F2N3O9/c29-19-10-33(39)11-20(30)17(19)9-23(15-3-6-22(44-28(31)32)24(7-15)42-13-14-1-2-14)43-25(36)12-34-21-5-4-16(35(40)41)8-18(21)26(37)27(34)38/h3-8,10-11,14,23,28H,1-2,9,12-13H2. The van der Waals surface area contributed by atoms with Crippen LogP contribution in [0.3, 0.4) is 0 Å². The molecular weight excluding hydrogens is 631 g/mol. The Hall–Kier alpha value is -4.56. The van der Waals surface area contributed by atoms with E-state index in [4.69, 9.17) is 32.7 Å². The van der Waals surface area contributed by atoms with Gasteiger partial charge in [-0.3, -0.25) is 29.4 Å². The topological polar surface area (TPSA) is 152 Å². The second kappa shape index (κ2) is 12.6. The molecule has 0 bridgehead atoms. The second-order valence-electron chi connectivity index (χ2n) is 9.99. The fraction of sp³-hybridized carbons (Fsp3) is 0.286. The molecule has 3 aromatic rings. The molecule has 1 aliphatic heterocycles. The van der Waals surface area contributed by atoms with Gasteiger partial charge in [-0.1, -0.05) is 29.3 Å². The third-order valence-corrected chi connectivity index (χ3v) is 7.55. The summed E-state index contributed by atoms with van der Waals surface area (Å²) in [5, 5.41) is 22.8. The molecule has 1 atom stereocenters. The van der Waals surface area contributed by atoms with Gasteiger partial charge in [0.25, 0.3) is 17.4 Å². The number of Topliss-reactive ketones (excluding diaryl/α,β-unsaturated/α-hetero) is 1. The average Bonchev–Trinajstić information content (AvgIpc) is 3.76. The van der Waals surface area contributed by atoms with E-state index in [-0.39, 0.29) is 62.9 Å². The van der Waals surface area contributed by atoms with Crippen molar-refractivity contribution in [2.75, 3.05) is 18.1 Å². The van der Waals surface area contributed by atoms with E-state index in [1.165, 1.54) is 24.3 Å². The quantitative estimate of drug-likeness (QED) is 0.0659. The molecule has 0 saturated heterocycles. The molecule has 230 valence electrons. The van der Waals surface area contributed by atoms with Crippen LogP contribution in [-0.2, 0) is 20.7 Å². The van der Waals surface area contributed by atoms with Crippen molar-refractivity contribution >= 4 is 52.2 Å². The van der Waals surface area contributed by atoms with Crippen LogP contribution in [0.5, 0.6) is 11.5 Å². The summed E-state index contributed by atoms with van der Waals surface area (Å²) in [5.74, 6) is -3.14. The van der Waals surface area contributed by atoms with Gasteiger partial charge in [0.2, 0.25) is 0 Å². The predicted octanol–water partition coefficient (Wildman–Crippen LogP) is 4.98. The highest BCUT2D eigenvalue weighted by molar-refractivity contribution is 6.52. The normalized spacial score (nSPS) is 14.9. The van der Waals surface area contributed by atoms with Gasteiger partial charge < -0.3 is 19.4 Å². The van der Waals surface area contributed by atoms with Gasteiger partial charge in [-0.15, -0.1) is 0 Å². The number of ketones is 1. The molecule has 1 amide bonds. The van der Waals surface area contributed by atoms with Gasteiger partial charge in [-0.2, -0.15) is 13.5 Å². The fourth-order valence-electron chi connectivity index (χ4n) is 4.55. The molecule has 1 unspecified atom stereocenters. The summed E-state index contributed by atoms with van der Waals surface area (Å²) < 4.78 is 42.6. The number of anilines is 1. The lowest BCUT2D eigenvalue weighted by Gasteiger charge is -2.23. The monoisotopic (exact) mass is 651 g/mol. The number of pyridine rings is 1. The first-order valence-corrected chi connectivity index (χ1v) is 13.8. The van der Waals surface area contributed by atoms with Crippen molar-refractivity contribution < 1.29 is 47.0 Å². The van der Waals surface area contributed by atoms with Crippen LogP contribution in [0, 0.1) is 21.2 Å². The number of amides is 1. The molecule has 2 aromatic carbocycles. The fourth-order valence-corrected chi connectivity index (χ4v) is 5.14. The Morgan fingerprint density at radius 3 is 2.43 bits per heavy atom. The van der Waals surface area contributed by atoms with E-state index in [0.717, 1.165) is 42.3 Å². The van der Waals surface area contributed by atoms with Crippen LogP contribution in [0.15, 0.2) is 48.8 Å². The number of benzene rings is 2. The van der Waals surface area contributed by atoms with Crippen LogP contribution >= 0.6 is 23.2 Å². The lowest BCUT2D eigenvalue weighted by molar-refractivity contribution is -0.605. The summed E-state index contributed by atoms with van der Waals surface area (Å²) in [5.41, 5.74) is -0.204. The van der Waals surface area contributed by atoms with Crippen molar-refractivity contribution in [1.29, 1.82) is 0 Å². The molecule has 44 heavy (non-hydrogen) atoms. The summed E-state index contributed by atoms with van der Waals surface area (Å²) in [7, 11) is 0. The minimum absolute atomic E-state index is 0.0162. The SMILES string of the molecule is O=C(CN1C(=O)C(=O)c2cc([N+](=O)[O-])ccc21)OC(Cc1c(Cl)c[n+]([O-])cc1Cl)c1ccc(OC(F)F)c(OCC2CC2)c1. The number of ether oxygens (including phenoxy) is 3. The average molecular weight is 652 g/mol. The largest absolute Gasteiger partial charge is 0.619 e. The zero-order chi connectivity index (χ0) is 31.7. The number of esters is 1. The third-order valence-electron chi connectivity index (χ3n) is 6.90. The van der Waals surface area contributed by atoms with Gasteiger partial charge in [0, 0.05) is 24.1 Å². The molecular formula is C28H21Cl2F2N3O9. The first-order valence-electron chi connectivity index (χ1n) is 13.0. The number of halogens is 4. The Balaban J connectivity index is 1.45. The second-order valence-corrected chi connectivity index (χ2v) is 10.8. The molecule has 1 fully saturated rings. The number of carbonyl (C=O) groups excluding carboxylic acids is 3. The molecule has 1 aromatic heterocycles. The zero-order valence-electron chi connectivity index (χ0n) is 22.4. The number of aromatic nitrogens is 1. The van der Waals surface area contributed by atoms with Crippen LogP contribution in [0.1, 0.15) is 40.4 Å². The molecule has 12 nitrogen and oxygen atoms in total. The molecule has 16 heteroatoms. The van der Waals surface area contributed by atoms with Gasteiger partial charge in [-0.25, -0.2) is 0 Å². The Morgan fingerprint density at radius 2 is 1.80 bits per heavy atom. The minimum Gasteiger partial charge on any atom is -0.619 e. The number of carbonyl (C=O) groups is 3. The Kier molecular flexibility index (Phi) is 8.83. The van der Waals surface area contributed by atoms with Crippen LogP contribution in [0.2, 0.25) is 10.0 Å². The number of nitro groups is 1. The van der Waals surface area contributed by atoms with E-state index >= 15 is 0 Å². The van der Waals surface area contributed by atoms with Crippen LogP contribution in [0.25, 0.3) is 0 Å². The van der Waals surface area contributed by atoms with E-state index in [1.54, 1.807) is 0 Å². The first-order chi connectivity index (χ1) is 20.9. The van der Waals surface area contributed by atoms with Gasteiger partial charge in [0.15, 0.2) is 23.9 Å². The molecule has 0 radical (unpaired) electrons. The van der Waals surface area contributed by atoms with Crippen LogP contribution in [-0.4, -0.2) is 42.3 Å². The highest BCUT2D eigenvalue weighted by Gasteiger charge is 2.39. The summed E-state index contributed by atoms with van der Waals surface area (Å²) in [6.07, 6.45) is 2.50. The van der Waals surface area contributed by atoms with Crippen LogP contribution in [0.4, 0.5) is 20.2 Å². The van der Waals surface area contributed by atoms with Crippen molar-refractivity contribution in [3.05, 3.63) is 90.8 Å². The zero-order valence-corrected chi connectivity index (χ0v) is 23.9. The summed E-state index contributed by atoms with van der Waals surface area (Å²) in [6.45, 7) is -3.64. The molecule has 2 aliphatic rings. The Bertz CT molecular complexity index is 1650. The van der Waals surface area contributed by atoms with E-state index in [0.29, 0.717) is 4.73 Å². The Morgan fingerprint density at radius 1 is 1.09 bits per heavy atom. The number of hydrogen-bond acceptors (Lipinski definition) is 9. The Labute approximate surface area is 257 Å². The maximum Gasteiger partial charge on any atom is 0.387 e. The summed E-state index contributed by atoms with van der Waals surface area (Å²) >= 11 is 12.5. The molecule has 0 N–H and O–H groups in total. The minimum atomic E-state index is -3.14. The van der Waals surface area contributed by atoms with Crippen molar-refractivity contribution in [1.82, 2.24) is 0 Å². The van der Waals surface area contributed by atoms with E-state index in [2.05, 4.69) is 4.74 Å². The smallest absolute Gasteiger partial charge is 0.387 e. The highest BCUT2D eigenvalue weighted by atomic mass is 35.5. The summed E-state index contributed by atoms with van der Waals surface area (Å²) in [6, 6.07) is 7.13. The lowest BCUT2D eigenvalue weighted by atomic mass is 10.0. The number of nitrogens with zero attached hydrogens (tertiary/aromatic N) is 3. The lowest BCUT2D eigenvalue weighted by Crippen LogP contribution is -2.36. The summed E-state index contributed by atoms with van der Waals surface area (Å²) in [4.78, 5) is 49.7. The van der Waals surface area contributed by atoms with E-state index in [9.17, 15) is 38.5 Å². The van der Waals surface area contributed by atoms with E-state index in [1.807, 2.05) is 0 Å². The number of alkyl halides is 2. The third kappa shape index (κ3) is 6.81. The number of fused-ring (bicyclic) bond motifs is 1.